The Kier molecular flexibility index (Phi) is 5.76. The SMILES string of the molecule is C#CC(=O)N1CCCC(n2nc(-c3ccc(OC4=CC=CCC4C)cc3)c3c(N)ncnc32)C1. The van der Waals surface area contributed by atoms with E-state index in [-0.39, 0.29) is 11.9 Å². The number of carbonyl (C=O) groups excluding carboxylic acids is 1. The topological polar surface area (TPSA) is 99.2 Å². The first-order valence-electron chi connectivity index (χ1n) is 11.4. The van der Waals surface area contributed by atoms with Crippen LogP contribution in [0.3, 0.4) is 0 Å². The number of anilines is 1. The third-order valence-electron chi connectivity index (χ3n) is 6.41. The quantitative estimate of drug-likeness (QED) is 0.603. The van der Waals surface area contributed by atoms with Crippen molar-refractivity contribution in [1.82, 2.24) is 24.6 Å². The van der Waals surface area contributed by atoms with E-state index in [0.717, 1.165) is 36.3 Å². The number of nitrogen functional groups attached to an aromatic ring is 1. The Morgan fingerprint density at radius 1 is 1.26 bits per heavy atom. The number of rotatable bonds is 4. The van der Waals surface area contributed by atoms with E-state index in [4.69, 9.17) is 22.0 Å². The van der Waals surface area contributed by atoms with E-state index in [1.54, 1.807) is 4.90 Å². The first kappa shape index (κ1) is 21.7. The summed E-state index contributed by atoms with van der Waals surface area (Å²) in [6, 6.07) is 7.74. The molecule has 5 rings (SSSR count). The highest BCUT2D eigenvalue weighted by molar-refractivity contribution is 5.98. The number of allylic oxidation sites excluding steroid dienone is 4. The molecule has 2 N–H and O–H groups in total. The molecule has 2 aliphatic rings. The number of amides is 1. The van der Waals surface area contributed by atoms with Crippen LogP contribution in [0.25, 0.3) is 22.3 Å². The molecule has 0 bridgehead atoms. The van der Waals surface area contributed by atoms with Crippen molar-refractivity contribution in [3.05, 3.63) is 54.6 Å². The number of nitrogens with zero attached hydrogens (tertiary/aromatic N) is 5. The zero-order valence-corrected chi connectivity index (χ0v) is 19.0. The van der Waals surface area contributed by atoms with Crippen LogP contribution in [-0.4, -0.2) is 43.6 Å². The predicted molar refractivity (Wildman–Crippen MR) is 130 cm³/mol. The van der Waals surface area contributed by atoms with Gasteiger partial charge in [-0.15, -0.1) is 6.42 Å². The number of benzene rings is 1. The third-order valence-corrected chi connectivity index (χ3v) is 6.41. The van der Waals surface area contributed by atoms with E-state index in [2.05, 4.69) is 28.9 Å². The lowest BCUT2D eigenvalue weighted by Crippen LogP contribution is -2.40. The zero-order valence-electron chi connectivity index (χ0n) is 19.0. The van der Waals surface area contributed by atoms with E-state index in [1.165, 1.54) is 6.33 Å². The predicted octanol–water partition coefficient (Wildman–Crippen LogP) is 3.73. The lowest BCUT2D eigenvalue weighted by atomic mass is 10.0. The van der Waals surface area contributed by atoms with Gasteiger partial charge in [0.25, 0.3) is 5.91 Å². The number of aromatic nitrogens is 4. The van der Waals surface area contributed by atoms with Gasteiger partial charge in [-0.1, -0.05) is 19.1 Å². The maximum absolute atomic E-state index is 12.1. The van der Waals surface area contributed by atoms with Crippen molar-refractivity contribution in [3.8, 4) is 29.4 Å². The minimum Gasteiger partial charge on any atom is -0.461 e. The van der Waals surface area contributed by atoms with Gasteiger partial charge in [-0.2, -0.15) is 5.10 Å². The van der Waals surface area contributed by atoms with E-state index in [9.17, 15) is 4.79 Å². The normalized spacial score (nSPS) is 20.1. The molecule has 1 fully saturated rings. The highest BCUT2D eigenvalue weighted by Gasteiger charge is 2.28. The van der Waals surface area contributed by atoms with E-state index < -0.39 is 0 Å². The number of likely N-dealkylation sites (tertiary alicyclic amines) is 1. The summed E-state index contributed by atoms with van der Waals surface area (Å²) in [6.07, 6.45) is 15.6. The number of ether oxygens (including phenoxy) is 1. The summed E-state index contributed by atoms with van der Waals surface area (Å²) in [5.74, 6) is 4.34. The van der Waals surface area contributed by atoms with Crippen LogP contribution in [0.15, 0.2) is 54.6 Å². The molecular weight excluding hydrogens is 428 g/mol. The smallest absolute Gasteiger partial charge is 0.298 e. The van der Waals surface area contributed by atoms with Crippen LogP contribution < -0.4 is 10.5 Å². The van der Waals surface area contributed by atoms with Gasteiger partial charge in [-0.3, -0.25) is 4.79 Å². The number of hydrogen-bond acceptors (Lipinski definition) is 6. The number of carbonyl (C=O) groups is 1. The summed E-state index contributed by atoms with van der Waals surface area (Å²) < 4.78 is 7.96. The fourth-order valence-corrected chi connectivity index (χ4v) is 4.56. The Hall–Kier alpha value is -4.12. The van der Waals surface area contributed by atoms with Crippen molar-refractivity contribution in [1.29, 1.82) is 0 Å². The molecule has 8 nitrogen and oxygen atoms in total. The van der Waals surface area contributed by atoms with Crippen molar-refractivity contribution in [2.75, 3.05) is 18.8 Å². The van der Waals surface area contributed by atoms with Gasteiger partial charge in [0.1, 0.15) is 29.3 Å². The van der Waals surface area contributed by atoms with Crippen molar-refractivity contribution in [2.45, 2.75) is 32.2 Å². The molecule has 0 spiro atoms. The molecule has 1 aliphatic carbocycles. The molecule has 34 heavy (non-hydrogen) atoms. The highest BCUT2D eigenvalue weighted by atomic mass is 16.5. The molecule has 1 aliphatic heterocycles. The molecule has 0 saturated carbocycles. The van der Waals surface area contributed by atoms with Crippen LogP contribution >= 0.6 is 0 Å². The summed E-state index contributed by atoms with van der Waals surface area (Å²) in [5.41, 5.74) is 8.50. The van der Waals surface area contributed by atoms with Gasteiger partial charge >= 0.3 is 0 Å². The van der Waals surface area contributed by atoms with Gasteiger partial charge in [0.05, 0.1) is 11.4 Å². The van der Waals surface area contributed by atoms with Crippen LogP contribution in [0.1, 0.15) is 32.2 Å². The number of nitrogens with two attached hydrogens (primary N) is 1. The lowest BCUT2D eigenvalue weighted by Gasteiger charge is -2.31. The molecule has 2 unspecified atom stereocenters. The van der Waals surface area contributed by atoms with Gasteiger partial charge in [-0.05, 0) is 55.5 Å². The van der Waals surface area contributed by atoms with Gasteiger partial charge < -0.3 is 15.4 Å². The van der Waals surface area contributed by atoms with Crippen molar-refractivity contribution >= 4 is 22.8 Å². The summed E-state index contributed by atoms with van der Waals surface area (Å²) >= 11 is 0. The Labute approximate surface area is 198 Å². The van der Waals surface area contributed by atoms with Crippen molar-refractivity contribution in [3.63, 3.8) is 0 Å². The Morgan fingerprint density at radius 2 is 2.09 bits per heavy atom. The largest absolute Gasteiger partial charge is 0.461 e. The Morgan fingerprint density at radius 3 is 2.85 bits per heavy atom. The maximum atomic E-state index is 12.1. The average molecular weight is 455 g/mol. The highest BCUT2D eigenvalue weighted by Crippen LogP contribution is 2.35. The van der Waals surface area contributed by atoms with Crippen molar-refractivity contribution in [2.24, 2.45) is 5.92 Å². The fourth-order valence-electron chi connectivity index (χ4n) is 4.56. The molecule has 8 heteroatoms. The molecule has 1 aromatic carbocycles. The summed E-state index contributed by atoms with van der Waals surface area (Å²) in [7, 11) is 0. The molecule has 1 saturated heterocycles. The van der Waals surface area contributed by atoms with Crippen LogP contribution in [0.2, 0.25) is 0 Å². The molecule has 2 atom stereocenters. The summed E-state index contributed by atoms with van der Waals surface area (Å²) in [6.45, 7) is 3.28. The Balaban J connectivity index is 1.48. The first-order valence-corrected chi connectivity index (χ1v) is 11.4. The number of piperidine rings is 1. The molecule has 1 amide bonds. The maximum Gasteiger partial charge on any atom is 0.298 e. The van der Waals surface area contributed by atoms with Crippen molar-refractivity contribution < 1.29 is 9.53 Å². The van der Waals surface area contributed by atoms with Crippen LogP contribution in [0, 0.1) is 18.3 Å². The minimum absolute atomic E-state index is 0.0491. The van der Waals surface area contributed by atoms with Gasteiger partial charge in [0.15, 0.2) is 5.65 Å². The molecule has 0 radical (unpaired) electrons. The lowest BCUT2D eigenvalue weighted by molar-refractivity contribution is -0.126. The molecular formula is C26H26N6O2. The summed E-state index contributed by atoms with van der Waals surface area (Å²) in [4.78, 5) is 22.4. The third kappa shape index (κ3) is 4.01. The van der Waals surface area contributed by atoms with Gasteiger partial charge in [0.2, 0.25) is 0 Å². The van der Waals surface area contributed by atoms with Crippen LogP contribution in [0.4, 0.5) is 5.82 Å². The van der Waals surface area contributed by atoms with E-state index in [0.29, 0.717) is 41.6 Å². The van der Waals surface area contributed by atoms with Gasteiger partial charge in [0, 0.05) is 24.6 Å². The molecule has 3 aromatic rings. The standard InChI is InChI=1S/C26H26N6O2/c1-3-22(33)31-14-6-8-19(15-31)32-26-23(25(27)28-16-29-26)24(30-32)18-10-12-20(13-11-18)34-21-9-5-4-7-17(21)2/h1,4-5,9-13,16-17,19H,6-8,14-15H2,2H3,(H2,27,28,29). The van der Waals surface area contributed by atoms with Gasteiger partial charge in [-0.25, -0.2) is 14.6 Å². The Bertz CT molecular complexity index is 1330. The fraction of sp³-hybridized carbons (Fsp3) is 0.308. The minimum atomic E-state index is -0.302. The monoisotopic (exact) mass is 454 g/mol. The number of fused-ring (bicyclic) bond motifs is 1. The second kappa shape index (κ2) is 9.02. The second-order valence-electron chi connectivity index (χ2n) is 8.70. The average Bonchev–Trinajstić information content (AvgIpc) is 3.26. The number of terminal acetylenes is 1. The molecule has 172 valence electrons. The van der Waals surface area contributed by atoms with E-state index >= 15 is 0 Å². The zero-order chi connectivity index (χ0) is 23.7. The second-order valence-corrected chi connectivity index (χ2v) is 8.70. The van der Waals surface area contributed by atoms with Crippen LogP contribution in [-0.2, 0) is 4.79 Å². The van der Waals surface area contributed by atoms with E-state index in [1.807, 2.05) is 41.1 Å². The molecule has 3 heterocycles. The molecule has 2 aromatic heterocycles. The summed E-state index contributed by atoms with van der Waals surface area (Å²) in [5, 5.41) is 5.60. The number of hydrogen-bond donors (Lipinski definition) is 1. The first-order chi connectivity index (χ1) is 16.5. The van der Waals surface area contributed by atoms with Crippen LogP contribution in [0.5, 0.6) is 5.75 Å².